The first-order valence-corrected chi connectivity index (χ1v) is 6.72. The summed E-state index contributed by atoms with van der Waals surface area (Å²) in [7, 11) is 0. The minimum Gasteiger partial charge on any atom is -0.755 e. The molecule has 7 nitrogen and oxygen atoms in total. The van der Waals surface area contributed by atoms with Crippen LogP contribution in [0.5, 0.6) is 0 Å². The van der Waals surface area contributed by atoms with Gasteiger partial charge in [-0.2, -0.15) is 0 Å². The van der Waals surface area contributed by atoms with E-state index in [1.165, 1.54) is 6.08 Å². The normalized spacial score (nSPS) is 25.7. The predicted molar refractivity (Wildman–Crippen MR) is 67.5 cm³/mol. The number of alkyl carbamates (subject to hydrolysis) is 1. The summed E-state index contributed by atoms with van der Waals surface area (Å²) >= 11 is -2.73. The van der Waals surface area contributed by atoms with Crippen LogP contribution >= 0.6 is 0 Å². The van der Waals surface area contributed by atoms with Crippen molar-refractivity contribution in [3.8, 4) is 0 Å². The zero-order valence-electron chi connectivity index (χ0n) is 11.4. The van der Waals surface area contributed by atoms with Crippen molar-refractivity contribution in [2.45, 2.75) is 38.3 Å². The Labute approximate surface area is 134 Å². The third kappa shape index (κ3) is 4.99. The molecule has 1 fully saturated rings. The third-order valence-electron chi connectivity index (χ3n) is 2.60. The zero-order valence-corrected chi connectivity index (χ0v) is 15.2. The van der Waals surface area contributed by atoms with Gasteiger partial charge in [-0.3, -0.25) is 13.7 Å². The van der Waals surface area contributed by atoms with Gasteiger partial charge in [0.1, 0.15) is 11.1 Å². The quantitative estimate of drug-likeness (QED) is 0.453. The molecule has 0 bridgehead atoms. The molecule has 1 unspecified atom stereocenters. The first kappa shape index (κ1) is 19.3. The SMILES string of the molecule is C=C[C@@H]1C[C@]1(NC(=O)OC(C)(C)C)C(=O)NS(=O)[O-].[W]. The maximum absolute atomic E-state index is 11.8. The van der Waals surface area contributed by atoms with Gasteiger partial charge in [0.2, 0.25) is 0 Å². The van der Waals surface area contributed by atoms with Crippen molar-refractivity contribution in [2.75, 3.05) is 0 Å². The van der Waals surface area contributed by atoms with Crippen LogP contribution in [0.1, 0.15) is 27.2 Å². The summed E-state index contributed by atoms with van der Waals surface area (Å²) in [6, 6.07) is 0. The van der Waals surface area contributed by atoms with E-state index >= 15 is 0 Å². The van der Waals surface area contributed by atoms with Gasteiger partial charge in [-0.15, -0.1) is 6.58 Å². The summed E-state index contributed by atoms with van der Waals surface area (Å²) in [5.74, 6) is -1.11. The molecule has 20 heavy (non-hydrogen) atoms. The number of hydrogen-bond donors (Lipinski definition) is 2. The maximum Gasteiger partial charge on any atom is 0.408 e. The molecule has 0 aromatic rings. The van der Waals surface area contributed by atoms with E-state index in [1.54, 1.807) is 25.5 Å². The standard InChI is InChI=1S/C11H18N2O5S.W/c1-5-7-6-11(7,8(14)13-19(16)17)12-9(15)18-10(2,3)4;/h5,7H,1,6H2,2-4H3,(H,12,15)(H,13,14)(H,16,17);/p-1/t7-,11-;/m1./s1. The number of nitrogens with one attached hydrogen (secondary N) is 2. The van der Waals surface area contributed by atoms with Gasteiger partial charge in [0.05, 0.1) is 0 Å². The predicted octanol–water partition coefficient (Wildman–Crippen LogP) is 0.364. The van der Waals surface area contributed by atoms with Crippen LogP contribution in [-0.2, 0) is 41.9 Å². The minimum absolute atomic E-state index is 0. The van der Waals surface area contributed by atoms with Crippen LogP contribution in [-0.4, -0.2) is 31.9 Å². The van der Waals surface area contributed by atoms with E-state index in [9.17, 15) is 18.4 Å². The molecule has 0 aromatic carbocycles. The number of amides is 2. The fraction of sp³-hybridized carbons (Fsp3) is 0.636. The summed E-state index contributed by atoms with van der Waals surface area (Å²) < 4.78 is 27.8. The van der Waals surface area contributed by atoms with Gasteiger partial charge in [-0.05, 0) is 27.2 Å². The minimum atomic E-state index is -2.73. The molecule has 0 heterocycles. The van der Waals surface area contributed by atoms with Gasteiger partial charge in [0.25, 0.3) is 5.91 Å². The molecule has 3 atom stereocenters. The van der Waals surface area contributed by atoms with E-state index < -0.39 is 34.4 Å². The van der Waals surface area contributed by atoms with E-state index in [4.69, 9.17) is 4.74 Å². The maximum atomic E-state index is 11.8. The fourth-order valence-electron chi connectivity index (χ4n) is 1.69. The van der Waals surface area contributed by atoms with Crippen molar-refractivity contribution < 1.29 is 44.2 Å². The average molecular weight is 473 g/mol. The molecule has 0 aliphatic heterocycles. The van der Waals surface area contributed by atoms with Crippen LogP contribution in [0.15, 0.2) is 12.7 Å². The van der Waals surface area contributed by atoms with Gasteiger partial charge in [-0.1, -0.05) is 6.08 Å². The Morgan fingerprint density at radius 3 is 2.40 bits per heavy atom. The van der Waals surface area contributed by atoms with Crippen molar-refractivity contribution in [1.82, 2.24) is 10.0 Å². The number of ether oxygens (including phenoxy) is 1. The van der Waals surface area contributed by atoms with E-state index in [0.29, 0.717) is 6.42 Å². The van der Waals surface area contributed by atoms with Gasteiger partial charge < -0.3 is 14.6 Å². The summed E-state index contributed by atoms with van der Waals surface area (Å²) in [6.07, 6.45) is 1.01. The Morgan fingerprint density at radius 1 is 1.50 bits per heavy atom. The van der Waals surface area contributed by atoms with Crippen LogP contribution in [0.3, 0.4) is 0 Å². The van der Waals surface area contributed by atoms with E-state index in [0.717, 1.165) is 0 Å². The second-order valence-electron chi connectivity index (χ2n) is 5.31. The Hall–Kier alpha value is -0.722. The molecular weight excluding hydrogens is 456 g/mol. The summed E-state index contributed by atoms with van der Waals surface area (Å²) in [4.78, 5) is 23.5. The fourth-order valence-corrected chi connectivity index (χ4v) is 2.02. The second kappa shape index (κ2) is 6.82. The summed E-state index contributed by atoms with van der Waals surface area (Å²) in [6.45, 7) is 8.59. The Kier molecular flexibility index (Phi) is 6.58. The van der Waals surface area contributed by atoms with Gasteiger partial charge in [0.15, 0.2) is 0 Å². The molecule has 0 spiro atoms. The van der Waals surface area contributed by atoms with Gasteiger partial charge in [-0.25, -0.2) is 4.79 Å². The number of carbonyl (C=O) groups is 2. The molecule has 2 N–H and O–H groups in total. The molecule has 1 aliphatic carbocycles. The first-order chi connectivity index (χ1) is 8.60. The van der Waals surface area contributed by atoms with E-state index in [1.807, 2.05) is 0 Å². The van der Waals surface area contributed by atoms with Crippen molar-refractivity contribution in [2.24, 2.45) is 5.92 Å². The van der Waals surface area contributed by atoms with E-state index in [2.05, 4.69) is 11.9 Å². The Bertz CT molecular complexity index is 437. The summed E-state index contributed by atoms with van der Waals surface area (Å²) in [5.41, 5.74) is -1.99. The van der Waals surface area contributed by atoms with E-state index in [-0.39, 0.29) is 27.0 Å². The largest absolute Gasteiger partial charge is 0.755 e. The number of carbonyl (C=O) groups excluding carboxylic acids is 2. The van der Waals surface area contributed by atoms with Crippen LogP contribution in [0.4, 0.5) is 4.79 Å². The molecule has 2 amide bonds. The van der Waals surface area contributed by atoms with Gasteiger partial charge >= 0.3 is 6.09 Å². The first-order valence-electron chi connectivity index (χ1n) is 5.65. The van der Waals surface area contributed by atoms with Crippen molar-refractivity contribution >= 4 is 23.3 Å². The molecule has 0 aromatic heterocycles. The smallest absolute Gasteiger partial charge is 0.408 e. The monoisotopic (exact) mass is 473 g/mol. The Balaban J connectivity index is 0.00000361. The molecule has 1 aliphatic rings. The third-order valence-corrected chi connectivity index (χ3v) is 2.96. The van der Waals surface area contributed by atoms with Crippen molar-refractivity contribution in [3.63, 3.8) is 0 Å². The Morgan fingerprint density at radius 2 is 2.05 bits per heavy atom. The molecule has 114 valence electrons. The summed E-state index contributed by atoms with van der Waals surface area (Å²) in [5, 5.41) is 2.41. The van der Waals surface area contributed by atoms with Crippen LogP contribution < -0.4 is 10.0 Å². The number of rotatable bonds is 4. The van der Waals surface area contributed by atoms with Crippen LogP contribution in [0.25, 0.3) is 0 Å². The van der Waals surface area contributed by atoms with Gasteiger partial charge in [0, 0.05) is 38.2 Å². The zero-order chi connectivity index (χ0) is 14.8. The van der Waals surface area contributed by atoms with Crippen LogP contribution in [0, 0.1) is 5.92 Å². The molecule has 0 radical (unpaired) electrons. The molecular formula is C11H17N2O5SW-. The molecule has 1 saturated carbocycles. The number of hydrogen-bond acceptors (Lipinski definition) is 5. The van der Waals surface area contributed by atoms with Crippen molar-refractivity contribution in [3.05, 3.63) is 12.7 Å². The van der Waals surface area contributed by atoms with Crippen molar-refractivity contribution in [1.29, 1.82) is 0 Å². The van der Waals surface area contributed by atoms with Crippen LogP contribution in [0.2, 0.25) is 0 Å². The average Bonchev–Trinajstić information content (AvgIpc) is 2.88. The molecule has 1 rings (SSSR count). The molecule has 9 heteroatoms. The second-order valence-corrected chi connectivity index (χ2v) is 5.98. The molecule has 0 saturated heterocycles. The topological polar surface area (TPSA) is 108 Å².